The number of Topliss-reactive ketones (excluding diaryl/α,β-unsaturated/α-hetero) is 1. The van der Waals surface area contributed by atoms with Crippen LogP contribution in [-0.2, 0) is 20.9 Å². The number of rotatable bonds is 5. The minimum absolute atomic E-state index is 0.0260. The van der Waals surface area contributed by atoms with Crippen molar-refractivity contribution in [3.63, 3.8) is 0 Å². The Hall–Kier alpha value is -3.01. The summed E-state index contributed by atoms with van der Waals surface area (Å²) in [5, 5.41) is 13.3. The van der Waals surface area contributed by atoms with E-state index in [2.05, 4.69) is 24.1 Å². The Labute approximate surface area is 208 Å². The number of carbonyl (C=O) groups excluding carboxylic acids is 3. The van der Waals surface area contributed by atoms with E-state index in [1.807, 2.05) is 4.90 Å². The molecule has 1 aromatic carbocycles. The first-order valence-corrected chi connectivity index (χ1v) is 12.7. The van der Waals surface area contributed by atoms with Gasteiger partial charge in [0, 0.05) is 43.9 Å². The molecule has 2 saturated heterocycles. The van der Waals surface area contributed by atoms with E-state index in [1.54, 1.807) is 4.90 Å². The first kappa shape index (κ1) is 24.7. The van der Waals surface area contributed by atoms with Crippen LogP contribution in [0.2, 0.25) is 0 Å². The van der Waals surface area contributed by atoms with E-state index in [9.17, 15) is 28.3 Å². The lowest BCUT2D eigenvalue weighted by molar-refractivity contribution is -0.159. The second kappa shape index (κ2) is 9.46. The van der Waals surface area contributed by atoms with Gasteiger partial charge < -0.3 is 20.2 Å². The predicted molar refractivity (Wildman–Crippen MR) is 126 cm³/mol. The van der Waals surface area contributed by atoms with Crippen molar-refractivity contribution in [3.05, 3.63) is 46.9 Å². The van der Waals surface area contributed by atoms with Gasteiger partial charge in [0.05, 0.1) is 6.54 Å². The maximum atomic E-state index is 14.0. The zero-order valence-electron chi connectivity index (χ0n) is 20.5. The van der Waals surface area contributed by atoms with Crippen molar-refractivity contribution in [1.82, 2.24) is 20.0 Å². The Bertz CT molecular complexity index is 1120. The SMILES string of the molecule is CC(C)CN1CC2CCCC2N2C(=O)C3=C(O)C(=O)C(C(=O)NCc4ccc(F)cc4F)CN3CC12. The largest absolute Gasteiger partial charge is 0.503 e. The van der Waals surface area contributed by atoms with Crippen LogP contribution in [0.25, 0.3) is 0 Å². The number of hydrogen-bond donors (Lipinski definition) is 2. The molecule has 3 heterocycles. The Morgan fingerprint density at radius 1 is 1.17 bits per heavy atom. The molecule has 0 spiro atoms. The van der Waals surface area contributed by atoms with Gasteiger partial charge in [-0.15, -0.1) is 0 Å². The van der Waals surface area contributed by atoms with Crippen LogP contribution in [0.3, 0.4) is 0 Å². The van der Waals surface area contributed by atoms with Crippen molar-refractivity contribution in [2.75, 3.05) is 26.2 Å². The summed E-state index contributed by atoms with van der Waals surface area (Å²) in [5.41, 5.74) is 0.0526. The molecule has 36 heavy (non-hydrogen) atoms. The molecule has 5 rings (SSSR count). The van der Waals surface area contributed by atoms with Gasteiger partial charge >= 0.3 is 0 Å². The lowest BCUT2D eigenvalue weighted by Gasteiger charge is -2.56. The number of ketones is 1. The highest BCUT2D eigenvalue weighted by atomic mass is 19.1. The van der Waals surface area contributed by atoms with Crippen molar-refractivity contribution >= 4 is 17.6 Å². The number of fused-ring (bicyclic) bond motifs is 4. The van der Waals surface area contributed by atoms with Gasteiger partial charge in [0.15, 0.2) is 5.76 Å². The molecule has 0 bridgehead atoms. The number of benzene rings is 1. The molecule has 3 aliphatic heterocycles. The van der Waals surface area contributed by atoms with Gasteiger partial charge in [-0.1, -0.05) is 26.3 Å². The van der Waals surface area contributed by atoms with E-state index in [4.69, 9.17) is 0 Å². The van der Waals surface area contributed by atoms with E-state index >= 15 is 0 Å². The molecule has 2 amide bonds. The molecule has 8 nitrogen and oxygen atoms in total. The second-order valence-electron chi connectivity index (χ2n) is 10.8. The van der Waals surface area contributed by atoms with E-state index < -0.39 is 35.0 Å². The molecule has 4 aliphatic rings. The lowest BCUT2D eigenvalue weighted by atomic mass is 9.89. The molecular formula is C26H32F2N4O4. The van der Waals surface area contributed by atoms with Gasteiger partial charge in [0.2, 0.25) is 11.7 Å². The van der Waals surface area contributed by atoms with Crippen LogP contribution >= 0.6 is 0 Å². The van der Waals surface area contributed by atoms with Gasteiger partial charge in [-0.2, -0.15) is 0 Å². The second-order valence-corrected chi connectivity index (χ2v) is 10.8. The summed E-state index contributed by atoms with van der Waals surface area (Å²) in [6.07, 6.45) is 2.82. The molecule has 4 unspecified atom stereocenters. The number of carbonyl (C=O) groups is 3. The monoisotopic (exact) mass is 502 g/mol. The van der Waals surface area contributed by atoms with E-state index in [1.165, 1.54) is 6.07 Å². The van der Waals surface area contributed by atoms with Crippen LogP contribution in [0, 0.1) is 29.4 Å². The molecule has 0 aromatic heterocycles. The molecule has 1 saturated carbocycles. The number of aliphatic hydroxyl groups is 1. The van der Waals surface area contributed by atoms with Crippen LogP contribution in [0.1, 0.15) is 38.7 Å². The summed E-state index contributed by atoms with van der Waals surface area (Å²) in [4.78, 5) is 45.4. The van der Waals surface area contributed by atoms with Gasteiger partial charge in [-0.05, 0) is 30.7 Å². The third-order valence-electron chi connectivity index (χ3n) is 7.89. The highest BCUT2D eigenvalue weighted by molar-refractivity contribution is 6.13. The Balaban J connectivity index is 1.38. The third kappa shape index (κ3) is 4.25. The number of amides is 2. The van der Waals surface area contributed by atoms with Crippen molar-refractivity contribution in [1.29, 1.82) is 0 Å². The molecular weight excluding hydrogens is 470 g/mol. The average molecular weight is 503 g/mol. The molecule has 4 atom stereocenters. The van der Waals surface area contributed by atoms with Crippen LogP contribution in [0.15, 0.2) is 29.7 Å². The average Bonchev–Trinajstić information content (AvgIpc) is 3.28. The summed E-state index contributed by atoms with van der Waals surface area (Å²) < 4.78 is 27.1. The number of piperazine rings is 1. The number of allylic oxidation sites excluding steroid dienone is 1. The van der Waals surface area contributed by atoms with Crippen LogP contribution in [0.5, 0.6) is 0 Å². The van der Waals surface area contributed by atoms with Crippen molar-refractivity contribution in [3.8, 4) is 0 Å². The van der Waals surface area contributed by atoms with Crippen LogP contribution in [-0.4, -0.2) is 75.8 Å². The standard InChI is InChI=1S/C26H32F2N4O4/c1-14(2)10-30-11-16-4-3-5-20(16)32-21(30)13-31-12-18(23(33)24(34)22(31)26(32)36)25(35)29-9-15-6-7-17(27)8-19(15)28/h6-8,14,16,18,20-21,34H,3-5,9-13H2,1-2H3,(H,29,35). The topological polar surface area (TPSA) is 93.2 Å². The normalized spacial score (nSPS) is 28.4. The fraction of sp³-hybridized carbons (Fsp3) is 0.577. The first-order chi connectivity index (χ1) is 17.2. The maximum absolute atomic E-state index is 14.0. The van der Waals surface area contributed by atoms with Gasteiger partial charge in [-0.3, -0.25) is 19.3 Å². The Morgan fingerprint density at radius 3 is 2.67 bits per heavy atom. The predicted octanol–water partition coefficient (Wildman–Crippen LogP) is 2.16. The van der Waals surface area contributed by atoms with Crippen molar-refractivity contribution in [2.45, 2.75) is 51.9 Å². The van der Waals surface area contributed by atoms with Crippen molar-refractivity contribution in [2.24, 2.45) is 17.8 Å². The summed E-state index contributed by atoms with van der Waals surface area (Å²) in [5.74, 6) is -4.52. The third-order valence-corrected chi connectivity index (χ3v) is 7.89. The summed E-state index contributed by atoms with van der Waals surface area (Å²) in [7, 11) is 0. The molecule has 0 radical (unpaired) electrons. The van der Waals surface area contributed by atoms with Gasteiger partial charge in [0.1, 0.15) is 29.4 Å². The summed E-state index contributed by atoms with van der Waals surface area (Å²) in [6, 6.07) is 3.13. The molecule has 10 heteroatoms. The smallest absolute Gasteiger partial charge is 0.275 e. The number of halogens is 2. The van der Waals surface area contributed by atoms with Crippen LogP contribution in [0.4, 0.5) is 8.78 Å². The lowest BCUT2D eigenvalue weighted by Crippen LogP contribution is -2.70. The quantitative estimate of drug-likeness (QED) is 0.600. The van der Waals surface area contributed by atoms with E-state index in [0.717, 1.165) is 44.5 Å². The number of nitrogens with one attached hydrogen (secondary N) is 1. The molecule has 2 N–H and O–H groups in total. The van der Waals surface area contributed by atoms with E-state index in [-0.39, 0.29) is 42.5 Å². The van der Waals surface area contributed by atoms with Gasteiger partial charge in [0.25, 0.3) is 5.91 Å². The fourth-order valence-electron chi connectivity index (χ4n) is 6.29. The minimum Gasteiger partial charge on any atom is -0.503 e. The first-order valence-electron chi connectivity index (χ1n) is 12.7. The highest BCUT2D eigenvalue weighted by Crippen LogP contribution is 2.41. The maximum Gasteiger partial charge on any atom is 0.275 e. The van der Waals surface area contributed by atoms with E-state index in [0.29, 0.717) is 18.4 Å². The Kier molecular flexibility index (Phi) is 6.48. The summed E-state index contributed by atoms with van der Waals surface area (Å²) >= 11 is 0. The minimum atomic E-state index is -1.24. The number of nitrogens with zero attached hydrogens (tertiary/aromatic N) is 3. The number of aliphatic hydroxyl groups excluding tert-OH is 1. The number of hydrogen-bond acceptors (Lipinski definition) is 6. The highest BCUT2D eigenvalue weighted by Gasteiger charge is 2.53. The molecule has 3 fully saturated rings. The fourth-order valence-corrected chi connectivity index (χ4v) is 6.29. The zero-order chi connectivity index (χ0) is 25.7. The Morgan fingerprint density at radius 2 is 1.94 bits per heavy atom. The van der Waals surface area contributed by atoms with Gasteiger partial charge in [-0.25, -0.2) is 8.78 Å². The molecule has 1 aliphatic carbocycles. The molecule has 194 valence electrons. The van der Waals surface area contributed by atoms with Crippen LogP contribution < -0.4 is 5.32 Å². The van der Waals surface area contributed by atoms with Crippen molar-refractivity contribution < 1.29 is 28.3 Å². The summed E-state index contributed by atoms with van der Waals surface area (Å²) in [6.45, 7) is 6.12. The molecule has 1 aromatic rings. The zero-order valence-corrected chi connectivity index (χ0v) is 20.5.